The second-order valence-electron chi connectivity index (χ2n) is 5.75. The minimum Gasteiger partial charge on any atom is -0.481 e. The Hall–Kier alpha value is -0.920. The smallest absolute Gasteiger partial charge is 0.313 e. The summed E-state index contributed by atoms with van der Waals surface area (Å²) in [7, 11) is 1.50. The summed E-state index contributed by atoms with van der Waals surface area (Å²) >= 11 is 4.94. The lowest BCUT2D eigenvalue weighted by Crippen LogP contribution is -2.52. The van der Waals surface area contributed by atoms with Crippen molar-refractivity contribution in [2.75, 3.05) is 26.8 Å². The van der Waals surface area contributed by atoms with Crippen molar-refractivity contribution in [2.24, 2.45) is 5.41 Å². The van der Waals surface area contributed by atoms with Crippen LogP contribution in [0.15, 0.2) is 15.9 Å². The quantitative estimate of drug-likeness (QED) is 0.840. The van der Waals surface area contributed by atoms with E-state index in [1.54, 1.807) is 4.90 Å². The molecule has 1 N–H and O–H groups in total. The molecule has 22 heavy (non-hydrogen) atoms. The summed E-state index contributed by atoms with van der Waals surface area (Å²) in [6.07, 6.45) is 1.22. The highest BCUT2D eigenvalue weighted by molar-refractivity contribution is 9.11. The van der Waals surface area contributed by atoms with Crippen LogP contribution in [0.4, 0.5) is 0 Å². The van der Waals surface area contributed by atoms with E-state index in [0.29, 0.717) is 19.4 Å². The van der Waals surface area contributed by atoms with Crippen LogP contribution in [0.5, 0.6) is 0 Å². The lowest BCUT2D eigenvalue weighted by molar-refractivity contribution is -0.159. The van der Waals surface area contributed by atoms with Crippen LogP contribution in [-0.4, -0.2) is 48.7 Å². The topological polar surface area (TPSA) is 66.8 Å². The number of likely N-dealkylation sites (tertiary alicyclic amines) is 1. The van der Waals surface area contributed by atoms with Gasteiger partial charge < -0.3 is 14.7 Å². The van der Waals surface area contributed by atoms with Gasteiger partial charge in [0.15, 0.2) is 0 Å². The first-order valence-corrected chi connectivity index (χ1v) is 8.77. The second kappa shape index (κ2) is 7.10. The number of thiophene rings is 1. The molecule has 2 unspecified atom stereocenters. The van der Waals surface area contributed by atoms with E-state index >= 15 is 0 Å². The number of carboxylic acid groups (broad SMARTS) is 1. The molecule has 5 nitrogen and oxygen atoms in total. The summed E-state index contributed by atoms with van der Waals surface area (Å²) in [6, 6.07) is 3.85. The first kappa shape index (κ1) is 17.4. The highest BCUT2D eigenvalue weighted by Crippen LogP contribution is 2.34. The molecule has 0 saturated carbocycles. The van der Waals surface area contributed by atoms with E-state index in [2.05, 4.69) is 15.9 Å². The van der Waals surface area contributed by atoms with Gasteiger partial charge in [-0.1, -0.05) is 0 Å². The number of piperidine rings is 1. The highest BCUT2D eigenvalue weighted by atomic mass is 79.9. The summed E-state index contributed by atoms with van der Waals surface area (Å²) in [5.74, 6) is -1.17. The van der Waals surface area contributed by atoms with E-state index in [0.717, 1.165) is 8.66 Å². The number of halogens is 1. The van der Waals surface area contributed by atoms with Gasteiger partial charge in [-0.15, -0.1) is 11.3 Å². The molecule has 1 aliphatic rings. The van der Waals surface area contributed by atoms with Gasteiger partial charge in [0, 0.05) is 25.1 Å². The number of amides is 1. The largest absolute Gasteiger partial charge is 0.481 e. The Labute approximate surface area is 142 Å². The summed E-state index contributed by atoms with van der Waals surface area (Å²) in [6.45, 7) is 2.82. The number of hydrogen-bond donors (Lipinski definition) is 1. The number of carbonyl (C=O) groups excluding carboxylic acids is 1. The Morgan fingerprint density at radius 3 is 2.82 bits per heavy atom. The number of aliphatic carboxylic acids is 1. The third-order valence-corrected chi connectivity index (χ3v) is 5.96. The van der Waals surface area contributed by atoms with Crippen molar-refractivity contribution in [3.63, 3.8) is 0 Å². The average molecular weight is 390 g/mol. The van der Waals surface area contributed by atoms with Crippen molar-refractivity contribution >= 4 is 39.1 Å². The third kappa shape index (κ3) is 3.52. The van der Waals surface area contributed by atoms with Gasteiger partial charge in [-0.05, 0) is 47.8 Å². The second-order valence-corrected chi connectivity index (χ2v) is 8.24. The van der Waals surface area contributed by atoms with Gasteiger partial charge in [-0.25, -0.2) is 0 Å². The number of carboxylic acids is 1. The van der Waals surface area contributed by atoms with E-state index in [-0.39, 0.29) is 25.0 Å². The van der Waals surface area contributed by atoms with Gasteiger partial charge >= 0.3 is 5.97 Å². The molecule has 0 bridgehead atoms. The molecule has 2 rings (SSSR count). The number of methoxy groups -OCH3 is 1. The molecule has 7 heteroatoms. The van der Waals surface area contributed by atoms with Gasteiger partial charge in [0.25, 0.3) is 0 Å². The molecule has 2 heterocycles. The number of hydrogen-bond acceptors (Lipinski definition) is 4. The SMILES string of the molecule is COCC1(C(=O)O)CCCN(C(=O)C(C)c2ccc(Br)s2)C1. The van der Waals surface area contributed by atoms with E-state index in [4.69, 9.17) is 4.74 Å². The lowest BCUT2D eigenvalue weighted by Gasteiger charge is -2.40. The zero-order valence-electron chi connectivity index (χ0n) is 12.7. The molecule has 1 aliphatic heterocycles. The first-order valence-electron chi connectivity index (χ1n) is 7.16. The molecule has 0 aromatic carbocycles. The zero-order valence-corrected chi connectivity index (χ0v) is 15.1. The van der Waals surface area contributed by atoms with Crippen LogP contribution in [0, 0.1) is 5.41 Å². The standard InChI is InChI=1S/C15H20BrNO4S/c1-10(11-4-5-12(16)22-11)13(18)17-7-3-6-15(8-17,9-21-2)14(19)20/h4-5,10H,3,6-9H2,1-2H3,(H,19,20). The monoisotopic (exact) mass is 389 g/mol. The van der Waals surface area contributed by atoms with Gasteiger partial charge in [-0.3, -0.25) is 9.59 Å². The third-order valence-electron chi connectivity index (χ3n) is 4.15. The number of carbonyl (C=O) groups is 2. The predicted molar refractivity (Wildman–Crippen MR) is 88.2 cm³/mol. The van der Waals surface area contributed by atoms with Crippen molar-refractivity contribution in [2.45, 2.75) is 25.7 Å². The Morgan fingerprint density at radius 2 is 2.27 bits per heavy atom. The van der Waals surface area contributed by atoms with Crippen molar-refractivity contribution in [3.05, 3.63) is 20.8 Å². The van der Waals surface area contributed by atoms with Crippen LogP contribution in [-0.2, 0) is 14.3 Å². The van der Waals surface area contributed by atoms with Crippen LogP contribution in [0.1, 0.15) is 30.6 Å². The number of nitrogens with zero attached hydrogens (tertiary/aromatic N) is 1. The molecule has 0 spiro atoms. The van der Waals surface area contributed by atoms with Crippen molar-refractivity contribution in [1.82, 2.24) is 4.90 Å². The van der Waals surface area contributed by atoms with Crippen molar-refractivity contribution in [3.8, 4) is 0 Å². The molecule has 0 radical (unpaired) electrons. The summed E-state index contributed by atoms with van der Waals surface area (Å²) in [5, 5.41) is 9.56. The first-order chi connectivity index (χ1) is 10.4. The molecule has 1 aromatic rings. The maximum Gasteiger partial charge on any atom is 0.313 e. The van der Waals surface area contributed by atoms with Crippen LogP contribution in [0.25, 0.3) is 0 Å². The molecular weight excluding hydrogens is 370 g/mol. The maximum atomic E-state index is 12.7. The fraction of sp³-hybridized carbons (Fsp3) is 0.600. The molecule has 1 aromatic heterocycles. The molecular formula is C15H20BrNO4S. The van der Waals surface area contributed by atoms with Crippen LogP contribution >= 0.6 is 27.3 Å². The molecule has 122 valence electrons. The molecule has 1 amide bonds. The molecule has 2 atom stereocenters. The van der Waals surface area contributed by atoms with Gasteiger partial charge in [0.2, 0.25) is 5.91 Å². The fourth-order valence-corrected chi connectivity index (χ4v) is 4.37. The van der Waals surface area contributed by atoms with Crippen LogP contribution < -0.4 is 0 Å². The minimum atomic E-state index is -0.988. The number of ether oxygens (including phenoxy) is 1. The molecule has 1 fully saturated rings. The van der Waals surface area contributed by atoms with E-state index in [1.165, 1.54) is 18.4 Å². The highest BCUT2D eigenvalue weighted by Gasteiger charge is 2.44. The summed E-state index contributed by atoms with van der Waals surface area (Å²) in [5.41, 5.74) is -0.988. The zero-order chi connectivity index (χ0) is 16.3. The molecule has 0 aliphatic carbocycles. The Bertz CT molecular complexity index is 557. The van der Waals surface area contributed by atoms with E-state index in [9.17, 15) is 14.7 Å². The Kier molecular flexibility index (Phi) is 5.63. The number of rotatable bonds is 5. The van der Waals surface area contributed by atoms with Gasteiger partial charge in [0.05, 0.1) is 16.3 Å². The van der Waals surface area contributed by atoms with Crippen molar-refractivity contribution < 1.29 is 19.4 Å². The van der Waals surface area contributed by atoms with Crippen molar-refractivity contribution in [1.29, 1.82) is 0 Å². The predicted octanol–water partition coefficient (Wildman–Crippen LogP) is 2.95. The summed E-state index contributed by atoms with van der Waals surface area (Å²) < 4.78 is 6.09. The van der Waals surface area contributed by atoms with Crippen LogP contribution in [0.2, 0.25) is 0 Å². The Morgan fingerprint density at radius 1 is 1.55 bits per heavy atom. The van der Waals surface area contributed by atoms with Gasteiger partial charge in [-0.2, -0.15) is 0 Å². The van der Waals surface area contributed by atoms with Crippen LogP contribution in [0.3, 0.4) is 0 Å². The maximum absolute atomic E-state index is 12.7. The normalized spacial score (nSPS) is 23.3. The Balaban J connectivity index is 2.14. The summed E-state index contributed by atoms with van der Waals surface area (Å²) in [4.78, 5) is 27.0. The average Bonchev–Trinajstić information content (AvgIpc) is 2.92. The fourth-order valence-electron chi connectivity index (χ4n) is 2.91. The lowest BCUT2D eigenvalue weighted by atomic mass is 9.80. The minimum absolute atomic E-state index is 0.0178. The van der Waals surface area contributed by atoms with Gasteiger partial charge in [0.1, 0.15) is 5.41 Å². The van der Waals surface area contributed by atoms with E-state index < -0.39 is 11.4 Å². The molecule has 1 saturated heterocycles. The van der Waals surface area contributed by atoms with E-state index in [1.807, 2.05) is 19.1 Å².